The average Bonchev–Trinajstić information content (AvgIpc) is 2.88. The van der Waals surface area contributed by atoms with E-state index in [0.717, 1.165) is 30.8 Å². The molecule has 0 radical (unpaired) electrons. The molecule has 3 fully saturated rings. The molecule has 2 bridgehead atoms. The molecular formula is C19H24N2O2. The number of carbonyl (C=O) groups excluding carboxylic acids is 1. The summed E-state index contributed by atoms with van der Waals surface area (Å²) >= 11 is 0. The van der Waals surface area contributed by atoms with Gasteiger partial charge in [-0.1, -0.05) is 24.3 Å². The third-order valence-electron chi connectivity index (χ3n) is 6.24. The Morgan fingerprint density at radius 3 is 2.96 bits per heavy atom. The van der Waals surface area contributed by atoms with Gasteiger partial charge in [-0.3, -0.25) is 9.69 Å². The molecule has 23 heavy (non-hydrogen) atoms. The van der Waals surface area contributed by atoms with E-state index in [4.69, 9.17) is 0 Å². The van der Waals surface area contributed by atoms with Gasteiger partial charge in [0.15, 0.2) is 0 Å². The first-order chi connectivity index (χ1) is 11.2. The van der Waals surface area contributed by atoms with Crippen LogP contribution in [0.5, 0.6) is 0 Å². The van der Waals surface area contributed by atoms with E-state index in [0.29, 0.717) is 18.3 Å². The molecule has 4 heteroatoms. The Balaban J connectivity index is 1.78. The molecule has 0 aliphatic carbocycles. The summed E-state index contributed by atoms with van der Waals surface area (Å²) in [6.45, 7) is 6.05. The molecule has 1 aromatic rings. The number of anilines is 1. The first-order valence-electron chi connectivity index (χ1n) is 8.59. The van der Waals surface area contributed by atoms with E-state index in [9.17, 15) is 9.90 Å². The Hall–Kier alpha value is -1.65. The molecule has 4 unspecified atom stereocenters. The number of benzene rings is 1. The van der Waals surface area contributed by atoms with Crippen LogP contribution < -0.4 is 5.32 Å². The molecule has 4 heterocycles. The molecule has 0 saturated carbocycles. The maximum atomic E-state index is 13.0. The number of amides is 1. The predicted molar refractivity (Wildman–Crippen MR) is 90.2 cm³/mol. The normalized spacial score (nSPS) is 38.2. The zero-order valence-electron chi connectivity index (χ0n) is 13.4. The van der Waals surface area contributed by atoms with Gasteiger partial charge in [0.2, 0.25) is 5.91 Å². The Kier molecular flexibility index (Phi) is 3.54. The van der Waals surface area contributed by atoms with E-state index >= 15 is 0 Å². The highest BCUT2D eigenvalue weighted by atomic mass is 16.3. The van der Waals surface area contributed by atoms with Gasteiger partial charge >= 0.3 is 0 Å². The van der Waals surface area contributed by atoms with Crippen LogP contribution in [-0.4, -0.2) is 41.7 Å². The number of nitrogens with one attached hydrogen (secondary N) is 1. The molecule has 0 aromatic heterocycles. The summed E-state index contributed by atoms with van der Waals surface area (Å²) in [5, 5.41) is 12.8. The summed E-state index contributed by atoms with van der Waals surface area (Å²) in [5.41, 5.74) is 1.36. The minimum atomic E-state index is -0.615. The summed E-state index contributed by atoms with van der Waals surface area (Å²) in [6.07, 6.45) is 4.76. The topological polar surface area (TPSA) is 52.6 Å². The van der Waals surface area contributed by atoms with Crippen LogP contribution in [0.25, 0.3) is 0 Å². The van der Waals surface area contributed by atoms with Crippen LogP contribution in [0.3, 0.4) is 0 Å². The maximum Gasteiger partial charge on any atom is 0.236 e. The molecule has 1 amide bonds. The van der Waals surface area contributed by atoms with Crippen molar-refractivity contribution in [3.63, 3.8) is 0 Å². The van der Waals surface area contributed by atoms with Crippen molar-refractivity contribution in [2.45, 2.75) is 30.7 Å². The van der Waals surface area contributed by atoms with Crippen molar-refractivity contribution < 1.29 is 9.90 Å². The molecule has 4 aliphatic heterocycles. The van der Waals surface area contributed by atoms with Crippen molar-refractivity contribution in [1.29, 1.82) is 0 Å². The number of fused-ring (bicyclic) bond motifs is 4. The van der Waals surface area contributed by atoms with Crippen molar-refractivity contribution >= 4 is 11.6 Å². The largest absolute Gasteiger partial charge is 0.396 e. The van der Waals surface area contributed by atoms with Crippen LogP contribution in [-0.2, 0) is 10.2 Å². The number of hydrogen-bond donors (Lipinski definition) is 2. The molecule has 122 valence electrons. The van der Waals surface area contributed by atoms with Crippen LogP contribution >= 0.6 is 0 Å². The number of carbonyl (C=O) groups is 1. The van der Waals surface area contributed by atoms with Crippen molar-refractivity contribution in [1.82, 2.24) is 4.90 Å². The molecule has 3 saturated heterocycles. The second kappa shape index (κ2) is 5.46. The predicted octanol–water partition coefficient (Wildman–Crippen LogP) is 2.16. The van der Waals surface area contributed by atoms with Gasteiger partial charge in [0, 0.05) is 24.9 Å². The molecular weight excluding hydrogens is 288 g/mol. The fourth-order valence-corrected chi connectivity index (χ4v) is 5.11. The zero-order chi connectivity index (χ0) is 16.0. The second-order valence-electron chi connectivity index (χ2n) is 7.14. The van der Waals surface area contributed by atoms with E-state index < -0.39 is 5.41 Å². The van der Waals surface area contributed by atoms with Gasteiger partial charge in [-0.25, -0.2) is 0 Å². The molecule has 2 N–H and O–H groups in total. The lowest BCUT2D eigenvalue weighted by Gasteiger charge is -2.54. The van der Waals surface area contributed by atoms with Gasteiger partial charge in [-0.2, -0.15) is 0 Å². The summed E-state index contributed by atoms with van der Waals surface area (Å²) in [6, 6.07) is 8.14. The average molecular weight is 312 g/mol. The van der Waals surface area contributed by atoms with Gasteiger partial charge < -0.3 is 10.4 Å². The lowest BCUT2D eigenvalue weighted by atomic mass is 9.63. The molecule has 4 aliphatic rings. The Morgan fingerprint density at radius 2 is 2.26 bits per heavy atom. The standard InChI is InChI=1S/C19H24N2O2/c1-2-13-12-21-9-7-14(13)11-17(21)19(8-10-22)15-5-3-4-6-16(15)20-18(19)23/h2-6,13-14,17,22H,1,7-12H2,(H,20,23)/t13?,14?,17?,19-/m1/s1. The highest BCUT2D eigenvalue weighted by Gasteiger charge is 2.56. The number of piperidine rings is 3. The first kappa shape index (κ1) is 14.9. The lowest BCUT2D eigenvalue weighted by Crippen LogP contribution is -2.62. The highest BCUT2D eigenvalue weighted by Crippen LogP contribution is 2.50. The summed E-state index contributed by atoms with van der Waals surface area (Å²) in [5.74, 6) is 1.20. The molecule has 1 aromatic carbocycles. The third kappa shape index (κ3) is 2.01. The zero-order valence-corrected chi connectivity index (χ0v) is 13.4. The smallest absolute Gasteiger partial charge is 0.236 e. The molecule has 0 spiro atoms. The van der Waals surface area contributed by atoms with E-state index in [2.05, 4.69) is 28.9 Å². The quantitative estimate of drug-likeness (QED) is 0.838. The van der Waals surface area contributed by atoms with Crippen molar-refractivity contribution in [3.8, 4) is 0 Å². The SMILES string of the molecule is C=CC1CN2CCC1CC2[C@]1(CCO)C(=O)Nc2ccccc21. The number of aliphatic hydroxyl groups excluding tert-OH is 1. The van der Waals surface area contributed by atoms with Gasteiger partial charge in [-0.05, 0) is 49.3 Å². The van der Waals surface area contributed by atoms with Crippen LogP contribution in [0.2, 0.25) is 0 Å². The molecule has 5 rings (SSSR count). The maximum absolute atomic E-state index is 13.0. The third-order valence-corrected chi connectivity index (χ3v) is 6.24. The van der Waals surface area contributed by atoms with Crippen LogP contribution in [0.1, 0.15) is 24.8 Å². The van der Waals surface area contributed by atoms with Crippen LogP contribution in [0.15, 0.2) is 36.9 Å². The van der Waals surface area contributed by atoms with Gasteiger partial charge in [0.05, 0.1) is 5.41 Å². The summed E-state index contributed by atoms with van der Waals surface area (Å²) in [4.78, 5) is 15.5. The Bertz CT molecular complexity index is 644. The number of para-hydroxylation sites is 1. The van der Waals surface area contributed by atoms with E-state index in [1.165, 1.54) is 6.42 Å². The summed E-state index contributed by atoms with van der Waals surface area (Å²) in [7, 11) is 0. The number of hydrogen-bond acceptors (Lipinski definition) is 3. The monoisotopic (exact) mass is 312 g/mol. The van der Waals surface area contributed by atoms with E-state index in [1.807, 2.05) is 18.2 Å². The molecule has 4 nitrogen and oxygen atoms in total. The first-order valence-corrected chi connectivity index (χ1v) is 8.59. The fourth-order valence-electron chi connectivity index (χ4n) is 5.11. The number of nitrogens with zero attached hydrogens (tertiary/aromatic N) is 1. The Morgan fingerprint density at radius 1 is 1.43 bits per heavy atom. The number of rotatable bonds is 4. The minimum absolute atomic E-state index is 0.0294. The van der Waals surface area contributed by atoms with E-state index in [1.54, 1.807) is 0 Å². The van der Waals surface area contributed by atoms with Gasteiger partial charge in [0.25, 0.3) is 0 Å². The van der Waals surface area contributed by atoms with Gasteiger partial charge in [0.1, 0.15) is 0 Å². The lowest BCUT2D eigenvalue weighted by molar-refractivity contribution is -0.127. The fraction of sp³-hybridized carbons (Fsp3) is 0.526. The second-order valence-corrected chi connectivity index (χ2v) is 7.14. The van der Waals surface area contributed by atoms with Crippen molar-refractivity contribution in [3.05, 3.63) is 42.5 Å². The van der Waals surface area contributed by atoms with Crippen molar-refractivity contribution in [2.75, 3.05) is 25.0 Å². The Labute approximate surface area is 137 Å². The summed E-state index contributed by atoms with van der Waals surface area (Å²) < 4.78 is 0. The van der Waals surface area contributed by atoms with Crippen LogP contribution in [0.4, 0.5) is 5.69 Å². The molecule has 5 atom stereocenters. The number of aliphatic hydroxyl groups is 1. The highest BCUT2D eigenvalue weighted by molar-refractivity contribution is 6.07. The van der Waals surface area contributed by atoms with Crippen molar-refractivity contribution in [2.24, 2.45) is 11.8 Å². The van der Waals surface area contributed by atoms with E-state index in [-0.39, 0.29) is 18.6 Å². The van der Waals surface area contributed by atoms with Crippen LogP contribution in [0, 0.1) is 11.8 Å². The van der Waals surface area contributed by atoms with Gasteiger partial charge in [-0.15, -0.1) is 6.58 Å². The minimum Gasteiger partial charge on any atom is -0.396 e.